The molecule has 0 fully saturated rings. The molecule has 5 heteroatoms. The van der Waals surface area contributed by atoms with Crippen LogP contribution in [-0.4, -0.2) is 21.5 Å². The lowest BCUT2D eigenvalue weighted by atomic mass is 10.2. The van der Waals surface area contributed by atoms with Gasteiger partial charge >= 0.3 is 0 Å². The fourth-order valence-corrected chi connectivity index (χ4v) is 1.43. The third-order valence-electron chi connectivity index (χ3n) is 2.28. The van der Waals surface area contributed by atoms with Crippen LogP contribution in [0.1, 0.15) is 26.0 Å². The SMILES string of the molecule is CCn1cncc1CNC(C)CC(N)=O. The van der Waals surface area contributed by atoms with Gasteiger partial charge in [0.05, 0.1) is 12.0 Å². The maximum Gasteiger partial charge on any atom is 0.218 e. The zero-order chi connectivity index (χ0) is 11.3. The summed E-state index contributed by atoms with van der Waals surface area (Å²) in [6.07, 6.45) is 3.99. The summed E-state index contributed by atoms with van der Waals surface area (Å²) < 4.78 is 2.06. The predicted molar refractivity (Wildman–Crippen MR) is 58.0 cm³/mol. The van der Waals surface area contributed by atoms with Crippen molar-refractivity contribution in [2.75, 3.05) is 0 Å². The van der Waals surface area contributed by atoms with Crippen LogP contribution < -0.4 is 11.1 Å². The Morgan fingerprint density at radius 2 is 2.47 bits per heavy atom. The molecular weight excluding hydrogens is 192 g/mol. The Morgan fingerprint density at radius 3 is 3.07 bits per heavy atom. The molecule has 1 aromatic rings. The first-order chi connectivity index (χ1) is 7.13. The van der Waals surface area contributed by atoms with Gasteiger partial charge in [-0.3, -0.25) is 4.79 Å². The van der Waals surface area contributed by atoms with Crippen molar-refractivity contribution in [2.45, 2.75) is 39.4 Å². The Balaban J connectivity index is 2.39. The van der Waals surface area contributed by atoms with Gasteiger partial charge in [0.1, 0.15) is 0 Å². The highest BCUT2D eigenvalue weighted by atomic mass is 16.1. The summed E-state index contributed by atoms with van der Waals surface area (Å²) in [6, 6.07) is 0.0997. The first-order valence-electron chi connectivity index (χ1n) is 5.14. The van der Waals surface area contributed by atoms with E-state index in [1.54, 1.807) is 6.33 Å². The number of nitrogens with one attached hydrogen (secondary N) is 1. The van der Waals surface area contributed by atoms with Crippen LogP contribution in [0.15, 0.2) is 12.5 Å². The molecule has 1 heterocycles. The average molecular weight is 210 g/mol. The summed E-state index contributed by atoms with van der Waals surface area (Å²) in [4.78, 5) is 14.7. The van der Waals surface area contributed by atoms with E-state index < -0.39 is 0 Å². The molecule has 1 amide bonds. The van der Waals surface area contributed by atoms with E-state index in [-0.39, 0.29) is 11.9 Å². The number of aromatic nitrogens is 2. The maximum atomic E-state index is 10.7. The third kappa shape index (κ3) is 3.71. The fraction of sp³-hybridized carbons (Fsp3) is 0.600. The number of primary amides is 1. The molecular formula is C10H18N4O. The van der Waals surface area contributed by atoms with Crippen molar-refractivity contribution in [3.8, 4) is 0 Å². The fourth-order valence-electron chi connectivity index (χ4n) is 1.43. The number of nitrogens with zero attached hydrogens (tertiary/aromatic N) is 2. The molecule has 0 saturated heterocycles. The summed E-state index contributed by atoms with van der Waals surface area (Å²) in [5.41, 5.74) is 6.22. The van der Waals surface area contributed by atoms with Crippen molar-refractivity contribution in [1.29, 1.82) is 0 Å². The van der Waals surface area contributed by atoms with Gasteiger partial charge in [-0.1, -0.05) is 0 Å². The molecule has 0 spiro atoms. The Bertz CT molecular complexity index is 321. The molecule has 15 heavy (non-hydrogen) atoms. The predicted octanol–water partition coefficient (Wildman–Crippen LogP) is 0.256. The van der Waals surface area contributed by atoms with Crippen molar-refractivity contribution < 1.29 is 4.79 Å². The van der Waals surface area contributed by atoms with E-state index >= 15 is 0 Å². The van der Waals surface area contributed by atoms with Crippen LogP contribution in [0.2, 0.25) is 0 Å². The van der Waals surface area contributed by atoms with E-state index in [1.807, 2.05) is 13.1 Å². The molecule has 0 aliphatic heterocycles. The van der Waals surface area contributed by atoms with E-state index in [9.17, 15) is 4.79 Å². The number of rotatable bonds is 6. The number of imidazole rings is 1. The lowest BCUT2D eigenvalue weighted by Gasteiger charge is -2.12. The number of hydrogen-bond acceptors (Lipinski definition) is 3. The molecule has 1 atom stereocenters. The summed E-state index contributed by atoms with van der Waals surface area (Å²) in [5, 5.41) is 3.23. The molecule has 1 unspecified atom stereocenters. The highest BCUT2D eigenvalue weighted by Gasteiger charge is 2.06. The zero-order valence-corrected chi connectivity index (χ0v) is 9.23. The van der Waals surface area contributed by atoms with Gasteiger partial charge < -0.3 is 15.6 Å². The van der Waals surface area contributed by atoms with Gasteiger partial charge in [-0.05, 0) is 13.8 Å². The Labute approximate surface area is 89.7 Å². The second-order valence-corrected chi connectivity index (χ2v) is 3.62. The number of carbonyl (C=O) groups is 1. The van der Waals surface area contributed by atoms with E-state index in [1.165, 1.54) is 0 Å². The van der Waals surface area contributed by atoms with Gasteiger partial charge in [0.15, 0.2) is 0 Å². The number of nitrogens with two attached hydrogens (primary N) is 1. The average Bonchev–Trinajstić information content (AvgIpc) is 2.60. The van der Waals surface area contributed by atoms with Crippen molar-refractivity contribution in [2.24, 2.45) is 5.73 Å². The molecule has 0 radical (unpaired) electrons. The summed E-state index contributed by atoms with van der Waals surface area (Å²) in [5.74, 6) is -0.279. The number of amides is 1. The first-order valence-corrected chi connectivity index (χ1v) is 5.14. The number of carbonyl (C=O) groups excluding carboxylic acids is 1. The standard InChI is InChI=1S/C10H18N4O/c1-3-14-7-12-5-9(14)6-13-8(2)4-10(11)15/h5,7-8,13H,3-4,6H2,1-2H3,(H2,11,15). The van der Waals surface area contributed by atoms with Crippen LogP contribution in [0.4, 0.5) is 0 Å². The molecule has 5 nitrogen and oxygen atoms in total. The van der Waals surface area contributed by atoms with E-state index in [4.69, 9.17) is 5.73 Å². The van der Waals surface area contributed by atoms with Gasteiger partial charge in [0.25, 0.3) is 0 Å². The van der Waals surface area contributed by atoms with Crippen molar-refractivity contribution in [1.82, 2.24) is 14.9 Å². The second kappa shape index (κ2) is 5.50. The maximum absolute atomic E-state index is 10.7. The van der Waals surface area contributed by atoms with Crippen LogP contribution in [0.25, 0.3) is 0 Å². The van der Waals surface area contributed by atoms with Crippen molar-refractivity contribution in [3.05, 3.63) is 18.2 Å². The summed E-state index contributed by atoms with van der Waals surface area (Å²) >= 11 is 0. The normalized spacial score (nSPS) is 12.7. The van der Waals surface area contributed by atoms with Gasteiger partial charge in [0.2, 0.25) is 5.91 Å². The van der Waals surface area contributed by atoms with E-state index in [0.29, 0.717) is 13.0 Å². The van der Waals surface area contributed by atoms with Crippen LogP contribution in [0.3, 0.4) is 0 Å². The monoisotopic (exact) mass is 210 g/mol. The molecule has 0 saturated carbocycles. The Morgan fingerprint density at radius 1 is 1.73 bits per heavy atom. The summed E-state index contributed by atoms with van der Waals surface area (Å²) in [6.45, 7) is 5.62. The second-order valence-electron chi connectivity index (χ2n) is 3.62. The van der Waals surface area contributed by atoms with Crippen molar-refractivity contribution >= 4 is 5.91 Å². The van der Waals surface area contributed by atoms with Crippen LogP contribution >= 0.6 is 0 Å². The van der Waals surface area contributed by atoms with Crippen LogP contribution in [0, 0.1) is 0 Å². The molecule has 0 aliphatic carbocycles. The van der Waals surface area contributed by atoms with E-state index in [0.717, 1.165) is 12.2 Å². The lowest BCUT2D eigenvalue weighted by Crippen LogP contribution is -2.31. The Kier molecular flexibility index (Phi) is 4.30. The van der Waals surface area contributed by atoms with Gasteiger partial charge in [-0.2, -0.15) is 0 Å². The molecule has 1 aromatic heterocycles. The Hall–Kier alpha value is -1.36. The van der Waals surface area contributed by atoms with Gasteiger partial charge in [-0.15, -0.1) is 0 Å². The zero-order valence-electron chi connectivity index (χ0n) is 9.23. The molecule has 0 bridgehead atoms. The highest BCUT2D eigenvalue weighted by Crippen LogP contribution is 2.00. The van der Waals surface area contributed by atoms with Crippen LogP contribution in [-0.2, 0) is 17.9 Å². The number of aryl methyl sites for hydroxylation is 1. The number of hydrogen-bond donors (Lipinski definition) is 2. The van der Waals surface area contributed by atoms with Gasteiger partial charge in [0, 0.05) is 31.7 Å². The molecule has 1 rings (SSSR count). The highest BCUT2D eigenvalue weighted by molar-refractivity contribution is 5.74. The topological polar surface area (TPSA) is 72.9 Å². The largest absolute Gasteiger partial charge is 0.370 e. The minimum absolute atomic E-state index is 0.0997. The lowest BCUT2D eigenvalue weighted by molar-refractivity contribution is -0.118. The summed E-state index contributed by atoms with van der Waals surface area (Å²) in [7, 11) is 0. The molecule has 0 aromatic carbocycles. The molecule has 3 N–H and O–H groups in total. The minimum atomic E-state index is -0.279. The molecule has 84 valence electrons. The van der Waals surface area contributed by atoms with Crippen LogP contribution in [0.5, 0.6) is 0 Å². The first kappa shape index (κ1) is 11.7. The quantitative estimate of drug-likeness (QED) is 0.707. The smallest absolute Gasteiger partial charge is 0.218 e. The minimum Gasteiger partial charge on any atom is -0.370 e. The van der Waals surface area contributed by atoms with Crippen molar-refractivity contribution in [3.63, 3.8) is 0 Å². The van der Waals surface area contributed by atoms with E-state index in [2.05, 4.69) is 21.8 Å². The molecule has 0 aliphatic rings. The van der Waals surface area contributed by atoms with Gasteiger partial charge in [-0.25, -0.2) is 4.98 Å². The third-order valence-corrected chi connectivity index (χ3v) is 2.28.